The van der Waals surface area contributed by atoms with Gasteiger partial charge < -0.3 is 15.2 Å². The summed E-state index contributed by atoms with van der Waals surface area (Å²) in [5.41, 5.74) is 1.01. The summed E-state index contributed by atoms with van der Waals surface area (Å²) in [5, 5.41) is 12.6. The van der Waals surface area contributed by atoms with E-state index in [-0.39, 0.29) is 12.5 Å². The normalized spacial score (nSPS) is 11.7. The van der Waals surface area contributed by atoms with Crippen LogP contribution in [-0.2, 0) is 11.2 Å². The van der Waals surface area contributed by atoms with Crippen LogP contribution in [0, 0.1) is 0 Å². The zero-order chi connectivity index (χ0) is 15.9. The molecule has 1 amide bonds. The fraction of sp³-hybridized carbons (Fsp3) is 0.250. The van der Waals surface area contributed by atoms with Crippen molar-refractivity contribution in [1.29, 1.82) is 0 Å². The molecule has 0 aliphatic rings. The minimum atomic E-state index is -0.661. The van der Waals surface area contributed by atoms with Crippen molar-refractivity contribution in [1.82, 2.24) is 5.32 Å². The van der Waals surface area contributed by atoms with Gasteiger partial charge in [0, 0.05) is 13.0 Å². The van der Waals surface area contributed by atoms with E-state index in [1.54, 1.807) is 12.1 Å². The van der Waals surface area contributed by atoms with E-state index in [1.807, 2.05) is 30.3 Å². The van der Waals surface area contributed by atoms with E-state index < -0.39 is 12.1 Å². The standard InChI is InChI=1S/C16H17NO4S/c1-21-16(20)14-8-7-13(22-14)15(19)17-10-12(18)9-11-5-3-2-4-6-11/h2-8,12,18H,9-10H2,1H3,(H,17,19). The summed E-state index contributed by atoms with van der Waals surface area (Å²) in [6.07, 6.45) is -0.190. The molecular weight excluding hydrogens is 302 g/mol. The lowest BCUT2D eigenvalue weighted by Gasteiger charge is -2.11. The summed E-state index contributed by atoms with van der Waals surface area (Å²) in [7, 11) is 1.29. The largest absolute Gasteiger partial charge is 0.465 e. The number of methoxy groups -OCH3 is 1. The van der Waals surface area contributed by atoms with Gasteiger partial charge in [0.1, 0.15) is 4.88 Å². The number of carbonyl (C=O) groups excluding carboxylic acids is 2. The molecule has 22 heavy (non-hydrogen) atoms. The summed E-state index contributed by atoms with van der Waals surface area (Å²) in [5.74, 6) is -0.777. The maximum atomic E-state index is 12.0. The molecule has 1 aromatic carbocycles. The lowest BCUT2D eigenvalue weighted by atomic mass is 10.1. The number of amides is 1. The van der Waals surface area contributed by atoms with Crippen molar-refractivity contribution in [3.63, 3.8) is 0 Å². The van der Waals surface area contributed by atoms with Crippen LogP contribution >= 0.6 is 11.3 Å². The number of rotatable bonds is 6. The Kier molecular flexibility index (Phi) is 5.68. The van der Waals surface area contributed by atoms with Gasteiger partial charge in [0.15, 0.2) is 0 Å². The van der Waals surface area contributed by atoms with Gasteiger partial charge in [0.2, 0.25) is 0 Å². The van der Waals surface area contributed by atoms with Crippen molar-refractivity contribution < 1.29 is 19.4 Å². The molecule has 1 unspecified atom stereocenters. The first-order chi connectivity index (χ1) is 10.6. The van der Waals surface area contributed by atoms with Gasteiger partial charge in [-0.2, -0.15) is 0 Å². The van der Waals surface area contributed by atoms with E-state index in [0.29, 0.717) is 16.2 Å². The molecule has 0 saturated carbocycles. The highest BCUT2D eigenvalue weighted by atomic mass is 32.1. The van der Waals surface area contributed by atoms with Crippen molar-refractivity contribution >= 4 is 23.2 Å². The molecular formula is C16H17NO4S. The maximum absolute atomic E-state index is 12.0. The average Bonchev–Trinajstić information content (AvgIpc) is 3.03. The number of ether oxygens (including phenoxy) is 1. The van der Waals surface area contributed by atoms with Crippen LogP contribution < -0.4 is 5.32 Å². The Balaban J connectivity index is 1.84. The molecule has 1 atom stereocenters. The molecule has 0 spiro atoms. The van der Waals surface area contributed by atoms with Crippen LogP contribution in [-0.4, -0.2) is 36.7 Å². The average molecular weight is 319 g/mol. The van der Waals surface area contributed by atoms with E-state index >= 15 is 0 Å². The first-order valence-corrected chi connectivity index (χ1v) is 7.60. The van der Waals surface area contributed by atoms with Crippen molar-refractivity contribution in [2.24, 2.45) is 0 Å². The smallest absolute Gasteiger partial charge is 0.348 e. The SMILES string of the molecule is COC(=O)c1ccc(C(=O)NCC(O)Cc2ccccc2)s1. The summed E-state index contributed by atoms with van der Waals surface area (Å²) >= 11 is 1.06. The highest BCUT2D eigenvalue weighted by Crippen LogP contribution is 2.17. The third kappa shape index (κ3) is 4.41. The van der Waals surface area contributed by atoms with Crippen LogP contribution in [0.5, 0.6) is 0 Å². The van der Waals surface area contributed by atoms with E-state index in [2.05, 4.69) is 10.1 Å². The summed E-state index contributed by atoms with van der Waals surface area (Å²) in [6.45, 7) is 0.152. The molecule has 0 radical (unpaired) electrons. The van der Waals surface area contributed by atoms with E-state index in [0.717, 1.165) is 16.9 Å². The van der Waals surface area contributed by atoms with Crippen LogP contribution in [0.4, 0.5) is 0 Å². The number of aliphatic hydroxyl groups excluding tert-OH is 1. The fourth-order valence-corrected chi connectivity index (χ4v) is 2.77. The molecule has 2 aromatic rings. The number of hydrogen-bond acceptors (Lipinski definition) is 5. The molecule has 2 rings (SSSR count). The molecule has 116 valence electrons. The van der Waals surface area contributed by atoms with Crippen LogP contribution in [0.25, 0.3) is 0 Å². The van der Waals surface area contributed by atoms with Gasteiger partial charge >= 0.3 is 5.97 Å². The Hall–Kier alpha value is -2.18. The maximum Gasteiger partial charge on any atom is 0.348 e. The topological polar surface area (TPSA) is 75.6 Å². The lowest BCUT2D eigenvalue weighted by Crippen LogP contribution is -2.32. The van der Waals surface area contributed by atoms with Gasteiger partial charge in [-0.05, 0) is 17.7 Å². The van der Waals surface area contributed by atoms with Crippen LogP contribution in [0.1, 0.15) is 24.9 Å². The second-order valence-corrected chi connectivity index (χ2v) is 5.79. The first-order valence-electron chi connectivity index (χ1n) is 6.78. The number of aliphatic hydroxyl groups is 1. The number of nitrogens with one attached hydrogen (secondary N) is 1. The van der Waals surface area contributed by atoms with Crippen molar-refractivity contribution in [2.45, 2.75) is 12.5 Å². The summed E-state index contributed by atoms with van der Waals surface area (Å²) in [4.78, 5) is 24.1. The van der Waals surface area contributed by atoms with E-state index in [9.17, 15) is 14.7 Å². The molecule has 2 N–H and O–H groups in total. The number of benzene rings is 1. The van der Waals surface area contributed by atoms with Crippen molar-refractivity contribution in [3.05, 3.63) is 57.8 Å². The predicted octanol–water partition coefficient (Wildman–Crippen LogP) is 1.87. The van der Waals surface area contributed by atoms with Gasteiger partial charge in [0.05, 0.1) is 18.1 Å². The van der Waals surface area contributed by atoms with Gasteiger partial charge in [-0.25, -0.2) is 4.79 Å². The van der Waals surface area contributed by atoms with Gasteiger partial charge in [-0.15, -0.1) is 11.3 Å². The molecule has 6 heteroatoms. The minimum Gasteiger partial charge on any atom is -0.465 e. The molecule has 5 nitrogen and oxygen atoms in total. The van der Waals surface area contributed by atoms with Crippen LogP contribution in [0.3, 0.4) is 0 Å². The molecule has 0 saturated heterocycles. The molecule has 1 aromatic heterocycles. The second-order valence-electron chi connectivity index (χ2n) is 4.71. The second kappa shape index (κ2) is 7.72. The highest BCUT2D eigenvalue weighted by Gasteiger charge is 2.15. The zero-order valence-corrected chi connectivity index (χ0v) is 12.9. The zero-order valence-electron chi connectivity index (χ0n) is 12.1. The monoisotopic (exact) mass is 319 g/mol. The van der Waals surface area contributed by atoms with Crippen molar-refractivity contribution in [2.75, 3.05) is 13.7 Å². The molecule has 0 fully saturated rings. The predicted molar refractivity (Wildman–Crippen MR) is 84.1 cm³/mol. The highest BCUT2D eigenvalue weighted by molar-refractivity contribution is 7.15. The fourth-order valence-electron chi connectivity index (χ4n) is 1.93. The Morgan fingerprint density at radius 3 is 2.55 bits per heavy atom. The van der Waals surface area contributed by atoms with Crippen LogP contribution in [0.15, 0.2) is 42.5 Å². The Labute approximate surface area is 132 Å². The minimum absolute atomic E-state index is 0.152. The number of carbonyl (C=O) groups is 2. The number of hydrogen-bond donors (Lipinski definition) is 2. The van der Waals surface area contributed by atoms with E-state index in [4.69, 9.17) is 0 Å². The van der Waals surface area contributed by atoms with Gasteiger partial charge in [-0.3, -0.25) is 4.79 Å². The Morgan fingerprint density at radius 1 is 1.18 bits per heavy atom. The molecule has 0 aliphatic carbocycles. The van der Waals surface area contributed by atoms with Crippen molar-refractivity contribution in [3.8, 4) is 0 Å². The quantitative estimate of drug-likeness (QED) is 0.797. The molecule has 0 aliphatic heterocycles. The third-order valence-corrected chi connectivity index (χ3v) is 4.09. The van der Waals surface area contributed by atoms with Gasteiger partial charge in [0.25, 0.3) is 5.91 Å². The summed E-state index contributed by atoms with van der Waals surface area (Å²) in [6, 6.07) is 12.7. The number of esters is 1. The Morgan fingerprint density at radius 2 is 1.86 bits per heavy atom. The number of thiophene rings is 1. The summed E-state index contributed by atoms with van der Waals surface area (Å²) < 4.78 is 4.59. The Bertz CT molecular complexity index is 639. The van der Waals surface area contributed by atoms with Gasteiger partial charge in [-0.1, -0.05) is 30.3 Å². The third-order valence-electron chi connectivity index (χ3n) is 3.03. The molecule has 0 bridgehead atoms. The molecule has 1 heterocycles. The van der Waals surface area contributed by atoms with E-state index in [1.165, 1.54) is 7.11 Å². The first kappa shape index (κ1) is 16.2. The lowest BCUT2D eigenvalue weighted by molar-refractivity contribution is 0.0606. The van der Waals surface area contributed by atoms with Crippen LogP contribution in [0.2, 0.25) is 0 Å².